The van der Waals surface area contributed by atoms with Crippen molar-refractivity contribution in [2.75, 3.05) is 11.9 Å². The number of hydrogen-bond acceptors (Lipinski definition) is 1. The van der Waals surface area contributed by atoms with E-state index in [4.69, 9.17) is 0 Å². The maximum Gasteiger partial charge on any atom is 0.0886 e. The predicted molar refractivity (Wildman–Crippen MR) is 95.9 cm³/mol. The Kier molecular flexibility index (Phi) is 6.76. The number of allylic oxidation sites excluding steroid dienone is 1. The van der Waals surface area contributed by atoms with Crippen LogP contribution in [0.1, 0.15) is 34.6 Å². The third kappa shape index (κ3) is 3.86. The quantitative estimate of drug-likeness (QED) is 0.741. The van der Waals surface area contributed by atoms with Crippen molar-refractivity contribution in [2.45, 2.75) is 52.8 Å². The fourth-order valence-corrected chi connectivity index (χ4v) is 6.71. The molecule has 0 spiro atoms. The Balaban J connectivity index is 3.08. The molecule has 0 fully saturated rings. The van der Waals surface area contributed by atoms with Crippen LogP contribution in [0.15, 0.2) is 35.0 Å². The van der Waals surface area contributed by atoms with Crippen molar-refractivity contribution >= 4 is 29.2 Å². The van der Waals surface area contributed by atoms with Gasteiger partial charge in [-0.25, -0.2) is 0 Å². The van der Waals surface area contributed by atoms with Gasteiger partial charge in [-0.05, 0) is 25.1 Å². The summed E-state index contributed by atoms with van der Waals surface area (Å²) in [6, 6.07) is 12.9. The first kappa shape index (κ1) is 17.2. The molecule has 0 saturated heterocycles. The lowest BCUT2D eigenvalue weighted by Gasteiger charge is -2.31. The smallest absolute Gasteiger partial charge is 0.0886 e. The van der Waals surface area contributed by atoms with E-state index in [0.29, 0.717) is 0 Å². The predicted octanol–water partition coefficient (Wildman–Crippen LogP) is 4.28. The normalized spacial score (nSPS) is 13.1. The average Bonchev–Trinajstić information content (AvgIpc) is 2.48. The molecule has 1 rings (SSSR count). The first-order chi connectivity index (χ1) is 9.50. The van der Waals surface area contributed by atoms with Gasteiger partial charge in [-0.2, -0.15) is 0 Å². The molecule has 1 aromatic carbocycles. The molecule has 0 amide bonds. The summed E-state index contributed by atoms with van der Waals surface area (Å²) in [4.78, 5) is 0. The molecule has 0 aliphatic carbocycles. The summed E-state index contributed by atoms with van der Waals surface area (Å²) >= 11 is 0. The minimum atomic E-state index is -1.33. The molecular weight excluding hydrogens is 274 g/mol. The fourth-order valence-electron chi connectivity index (χ4n) is 2.78. The van der Waals surface area contributed by atoms with Crippen LogP contribution < -0.4 is 10.5 Å². The second-order valence-electron chi connectivity index (χ2n) is 5.65. The molecule has 0 atom stereocenters. The fraction of sp³-hybridized carbons (Fsp3) is 0.529. The lowest BCUT2D eigenvalue weighted by molar-refractivity contribution is 1.17. The highest BCUT2D eigenvalue weighted by Gasteiger charge is 2.31. The average molecular weight is 303 g/mol. The molecule has 1 aromatic rings. The standard InChI is InChI=1S/C17H28NSi2/c1-6-20(7-2,8-3)17-12-10-9-11-16(17)18-13-14(4)15(5)19/h9-12,18H,6-8,13H2,1-5H3. The molecule has 3 radical (unpaired) electrons. The first-order valence-corrected chi connectivity index (χ1v) is 10.8. The van der Waals surface area contributed by atoms with Gasteiger partial charge in [0.2, 0.25) is 0 Å². The SMILES string of the molecule is CC[Si](CC)(CC)c1ccccc1NCC(C)=C(C)[Si]. The maximum absolute atomic E-state index is 3.65. The van der Waals surface area contributed by atoms with Crippen LogP contribution in [0.2, 0.25) is 18.1 Å². The van der Waals surface area contributed by atoms with Crippen molar-refractivity contribution in [1.29, 1.82) is 0 Å². The Hall–Kier alpha value is -0.806. The van der Waals surface area contributed by atoms with Gasteiger partial charge >= 0.3 is 0 Å². The Morgan fingerprint density at radius 2 is 1.60 bits per heavy atom. The van der Waals surface area contributed by atoms with Crippen LogP contribution >= 0.6 is 0 Å². The molecule has 3 heteroatoms. The van der Waals surface area contributed by atoms with Gasteiger partial charge in [0.1, 0.15) is 0 Å². The minimum Gasteiger partial charge on any atom is -0.381 e. The van der Waals surface area contributed by atoms with Crippen LogP contribution in [0, 0.1) is 0 Å². The van der Waals surface area contributed by atoms with Crippen LogP contribution in [0.4, 0.5) is 5.69 Å². The van der Waals surface area contributed by atoms with Crippen molar-refractivity contribution in [1.82, 2.24) is 0 Å². The second kappa shape index (κ2) is 7.84. The zero-order valence-electron chi connectivity index (χ0n) is 13.6. The van der Waals surface area contributed by atoms with Crippen LogP contribution in [0.25, 0.3) is 0 Å². The van der Waals surface area contributed by atoms with E-state index in [9.17, 15) is 0 Å². The zero-order chi connectivity index (χ0) is 15.2. The molecule has 0 aromatic heterocycles. The minimum absolute atomic E-state index is 0.911. The van der Waals surface area contributed by atoms with E-state index >= 15 is 0 Å². The van der Waals surface area contributed by atoms with Crippen molar-refractivity contribution in [3.05, 3.63) is 35.0 Å². The molecule has 0 saturated carbocycles. The number of hydrogen-bond donors (Lipinski definition) is 1. The van der Waals surface area contributed by atoms with Gasteiger partial charge in [0, 0.05) is 12.2 Å². The number of benzene rings is 1. The highest BCUT2D eigenvalue weighted by molar-refractivity contribution is 6.92. The number of para-hydroxylation sites is 1. The van der Waals surface area contributed by atoms with Gasteiger partial charge in [0.05, 0.1) is 18.3 Å². The van der Waals surface area contributed by atoms with E-state index in [0.717, 1.165) is 6.54 Å². The highest BCUT2D eigenvalue weighted by Crippen LogP contribution is 2.23. The van der Waals surface area contributed by atoms with E-state index in [1.54, 1.807) is 5.19 Å². The van der Waals surface area contributed by atoms with E-state index in [-0.39, 0.29) is 0 Å². The van der Waals surface area contributed by atoms with Gasteiger partial charge in [0.25, 0.3) is 0 Å². The number of rotatable bonds is 7. The largest absolute Gasteiger partial charge is 0.381 e. The summed E-state index contributed by atoms with van der Waals surface area (Å²) in [6.07, 6.45) is 0. The third-order valence-electron chi connectivity index (χ3n) is 4.71. The second-order valence-corrected chi connectivity index (χ2v) is 11.6. The van der Waals surface area contributed by atoms with E-state index in [1.807, 2.05) is 0 Å². The summed E-state index contributed by atoms with van der Waals surface area (Å²) in [7, 11) is 2.28. The lowest BCUT2D eigenvalue weighted by Crippen LogP contribution is -2.47. The molecule has 0 bridgehead atoms. The van der Waals surface area contributed by atoms with Gasteiger partial charge in [-0.15, -0.1) is 0 Å². The van der Waals surface area contributed by atoms with E-state index in [1.165, 1.54) is 34.6 Å². The first-order valence-electron chi connectivity index (χ1n) is 7.72. The summed E-state index contributed by atoms with van der Waals surface area (Å²) in [5.41, 5.74) is 2.70. The molecule has 1 nitrogen and oxygen atoms in total. The Morgan fingerprint density at radius 3 is 2.10 bits per heavy atom. The Bertz CT molecular complexity index is 450. The topological polar surface area (TPSA) is 12.0 Å². The summed E-state index contributed by atoms with van der Waals surface area (Å²) < 4.78 is 0. The third-order valence-corrected chi connectivity index (χ3v) is 10.8. The summed E-state index contributed by atoms with van der Waals surface area (Å²) in [5.74, 6) is 0. The Morgan fingerprint density at radius 1 is 1.05 bits per heavy atom. The van der Waals surface area contributed by atoms with Crippen LogP contribution in [0.3, 0.4) is 0 Å². The summed E-state index contributed by atoms with van der Waals surface area (Å²) in [6.45, 7) is 12.3. The van der Waals surface area contributed by atoms with Crippen LogP contribution in [-0.2, 0) is 0 Å². The molecule has 0 heterocycles. The molecule has 109 valence electrons. The Labute approximate surface area is 129 Å². The maximum atomic E-state index is 3.65. The highest BCUT2D eigenvalue weighted by atomic mass is 28.3. The molecule has 0 aliphatic rings. The molecule has 0 aliphatic heterocycles. The number of anilines is 1. The van der Waals surface area contributed by atoms with Crippen molar-refractivity contribution in [3.63, 3.8) is 0 Å². The summed E-state index contributed by atoms with van der Waals surface area (Å²) in [5, 5.41) is 6.47. The van der Waals surface area contributed by atoms with E-state index < -0.39 is 8.07 Å². The lowest BCUT2D eigenvalue weighted by atomic mass is 10.2. The molecule has 20 heavy (non-hydrogen) atoms. The van der Waals surface area contributed by atoms with Crippen LogP contribution in [-0.4, -0.2) is 24.9 Å². The molecule has 0 unspecified atom stereocenters. The van der Waals surface area contributed by atoms with Crippen LogP contribution in [0.5, 0.6) is 0 Å². The van der Waals surface area contributed by atoms with Crippen molar-refractivity contribution in [3.8, 4) is 0 Å². The zero-order valence-corrected chi connectivity index (χ0v) is 15.6. The molecule has 1 N–H and O–H groups in total. The van der Waals surface area contributed by atoms with Crippen molar-refractivity contribution in [2.24, 2.45) is 0 Å². The van der Waals surface area contributed by atoms with Gasteiger partial charge in [-0.3, -0.25) is 0 Å². The number of nitrogens with one attached hydrogen (secondary N) is 1. The van der Waals surface area contributed by atoms with Crippen molar-refractivity contribution < 1.29 is 0 Å². The monoisotopic (exact) mass is 302 g/mol. The van der Waals surface area contributed by atoms with Gasteiger partial charge < -0.3 is 5.32 Å². The van der Waals surface area contributed by atoms with Gasteiger partial charge in [0.15, 0.2) is 0 Å². The van der Waals surface area contributed by atoms with Gasteiger partial charge in [-0.1, -0.05) is 67.9 Å². The molecular formula is C17H28NSi2. The van der Waals surface area contributed by atoms with E-state index in [2.05, 4.69) is 74.4 Å².